The highest BCUT2D eigenvalue weighted by Gasteiger charge is 2.33. The van der Waals surface area contributed by atoms with E-state index in [1.807, 2.05) is 5.38 Å². The van der Waals surface area contributed by atoms with Crippen molar-refractivity contribution in [3.63, 3.8) is 0 Å². The van der Waals surface area contributed by atoms with Crippen LogP contribution in [0.5, 0.6) is 0 Å². The molecule has 1 N–H and O–H groups in total. The molecule has 0 aliphatic heterocycles. The van der Waals surface area contributed by atoms with Crippen molar-refractivity contribution in [2.75, 3.05) is 0 Å². The Morgan fingerprint density at radius 1 is 1.80 bits per heavy atom. The number of aromatic nitrogens is 1. The van der Waals surface area contributed by atoms with Gasteiger partial charge in [0.25, 0.3) is 0 Å². The second-order valence-electron chi connectivity index (χ2n) is 3.93. The molecule has 1 heterocycles. The smallest absolute Gasteiger partial charge is 0.227 e. The summed E-state index contributed by atoms with van der Waals surface area (Å²) in [4.78, 5) is 15.8. The average molecular weight is 245 g/mol. The number of hydrogen-bond acceptors (Lipinski definition) is 3. The van der Waals surface area contributed by atoms with E-state index in [0.29, 0.717) is 24.3 Å². The molecular formula is C10H13ClN2OS. The van der Waals surface area contributed by atoms with E-state index in [9.17, 15) is 4.79 Å². The summed E-state index contributed by atoms with van der Waals surface area (Å²) < 4.78 is 0. The second-order valence-corrected chi connectivity index (χ2v) is 5.14. The van der Waals surface area contributed by atoms with E-state index in [1.54, 1.807) is 0 Å². The third-order valence-electron chi connectivity index (χ3n) is 2.50. The SMILES string of the molecule is CC1CC1NC(=O)Cc1nc(CCl)cs1. The summed E-state index contributed by atoms with van der Waals surface area (Å²) >= 11 is 7.13. The number of carbonyl (C=O) groups is 1. The molecule has 2 unspecified atom stereocenters. The van der Waals surface area contributed by atoms with Crippen LogP contribution in [0.2, 0.25) is 0 Å². The average Bonchev–Trinajstić information content (AvgIpc) is 2.72. The van der Waals surface area contributed by atoms with E-state index in [1.165, 1.54) is 11.3 Å². The maximum Gasteiger partial charge on any atom is 0.227 e. The lowest BCUT2D eigenvalue weighted by Crippen LogP contribution is -2.28. The number of thiazole rings is 1. The van der Waals surface area contributed by atoms with E-state index in [2.05, 4.69) is 17.2 Å². The quantitative estimate of drug-likeness (QED) is 0.823. The molecule has 1 aliphatic rings. The number of alkyl halides is 1. The Bertz CT molecular complexity index is 366. The molecule has 0 aromatic carbocycles. The molecule has 0 bridgehead atoms. The van der Waals surface area contributed by atoms with Gasteiger partial charge in [0.05, 0.1) is 18.0 Å². The highest BCUT2D eigenvalue weighted by Crippen LogP contribution is 2.29. The molecule has 15 heavy (non-hydrogen) atoms. The Morgan fingerprint density at radius 3 is 3.07 bits per heavy atom. The van der Waals surface area contributed by atoms with E-state index in [-0.39, 0.29) is 5.91 Å². The fourth-order valence-corrected chi connectivity index (χ4v) is 2.43. The predicted molar refractivity (Wildman–Crippen MR) is 61.1 cm³/mol. The van der Waals surface area contributed by atoms with Gasteiger partial charge in [-0.05, 0) is 12.3 Å². The standard InChI is InChI=1S/C10H13ClN2OS/c1-6-2-8(6)13-9(14)3-10-12-7(4-11)5-15-10/h5-6,8H,2-4H2,1H3,(H,13,14). The Balaban J connectivity index is 1.82. The Morgan fingerprint density at radius 2 is 2.53 bits per heavy atom. The molecule has 1 amide bonds. The van der Waals surface area contributed by atoms with Crippen molar-refractivity contribution >= 4 is 28.8 Å². The summed E-state index contributed by atoms with van der Waals surface area (Å²) in [5, 5.41) is 5.72. The van der Waals surface area contributed by atoms with E-state index in [0.717, 1.165) is 17.1 Å². The van der Waals surface area contributed by atoms with Gasteiger partial charge in [-0.2, -0.15) is 0 Å². The van der Waals surface area contributed by atoms with E-state index >= 15 is 0 Å². The molecule has 2 atom stereocenters. The van der Waals surface area contributed by atoms with Crippen LogP contribution in [0.3, 0.4) is 0 Å². The van der Waals surface area contributed by atoms with Crippen molar-refractivity contribution in [3.05, 3.63) is 16.1 Å². The van der Waals surface area contributed by atoms with Crippen LogP contribution in [0.25, 0.3) is 0 Å². The fraction of sp³-hybridized carbons (Fsp3) is 0.600. The maximum absolute atomic E-state index is 11.5. The molecule has 1 aliphatic carbocycles. The van der Waals surface area contributed by atoms with Gasteiger partial charge in [0.2, 0.25) is 5.91 Å². The number of nitrogens with zero attached hydrogens (tertiary/aromatic N) is 1. The van der Waals surface area contributed by atoms with Crippen LogP contribution in [-0.4, -0.2) is 16.9 Å². The van der Waals surface area contributed by atoms with Gasteiger partial charge in [0, 0.05) is 11.4 Å². The summed E-state index contributed by atoms with van der Waals surface area (Å²) in [5.74, 6) is 1.13. The van der Waals surface area contributed by atoms with Crippen molar-refractivity contribution in [2.45, 2.75) is 31.7 Å². The van der Waals surface area contributed by atoms with Crippen LogP contribution in [0.15, 0.2) is 5.38 Å². The molecule has 2 rings (SSSR count). The first-order valence-corrected chi connectivity index (χ1v) is 6.39. The molecule has 1 aromatic heterocycles. The molecule has 0 radical (unpaired) electrons. The van der Waals surface area contributed by atoms with Crippen molar-refractivity contribution in [1.29, 1.82) is 0 Å². The summed E-state index contributed by atoms with van der Waals surface area (Å²) in [7, 11) is 0. The molecular weight excluding hydrogens is 232 g/mol. The minimum atomic E-state index is 0.0693. The van der Waals surface area contributed by atoms with Gasteiger partial charge in [-0.25, -0.2) is 4.98 Å². The summed E-state index contributed by atoms with van der Waals surface area (Å²) in [6.07, 6.45) is 1.49. The molecule has 82 valence electrons. The number of halogens is 1. The summed E-state index contributed by atoms with van der Waals surface area (Å²) in [5.41, 5.74) is 0.851. The number of nitrogens with one attached hydrogen (secondary N) is 1. The van der Waals surface area contributed by atoms with Gasteiger partial charge in [0.15, 0.2) is 0 Å². The van der Waals surface area contributed by atoms with Crippen molar-refractivity contribution in [1.82, 2.24) is 10.3 Å². The van der Waals surface area contributed by atoms with E-state index in [4.69, 9.17) is 11.6 Å². The highest BCUT2D eigenvalue weighted by atomic mass is 35.5. The van der Waals surface area contributed by atoms with Gasteiger partial charge >= 0.3 is 0 Å². The van der Waals surface area contributed by atoms with Crippen LogP contribution in [0, 0.1) is 5.92 Å². The minimum Gasteiger partial charge on any atom is -0.353 e. The van der Waals surface area contributed by atoms with Crippen molar-refractivity contribution in [3.8, 4) is 0 Å². The van der Waals surface area contributed by atoms with Crippen LogP contribution >= 0.6 is 22.9 Å². The Kier molecular flexibility index (Phi) is 3.26. The van der Waals surface area contributed by atoms with Gasteiger partial charge in [-0.1, -0.05) is 6.92 Å². The van der Waals surface area contributed by atoms with Crippen LogP contribution in [0.4, 0.5) is 0 Å². The largest absolute Gasteiger partial charge is 0.353 e. The van der Waals surface area contributed by atoms with Gasteiger partial charge < -0.3 is 5.32 Å². The lowest BCUT2D eigenvalue weighted by Gasteiger charge is -2.00. The topological polar surface area (TPSA) is 42.0 Å². The lowest BCUT2D eigenvalue weighted by molar-refractivity contribution is -0.120. The first-order valence-electron chi connectivity index (χ1n) is 4.97. The first kappa shape index (κ1) is 10.9. The fourth-order valence-electron chi connectivity index (χ4n) is 1.41. The van der Waals surface area contributed by atoms with Crippen molar-refractivity contribution < 1.29 is 4.79 Å². The van der Waals surface area contributed by atoms with Gasteiger partial charge in [-0.3, -0.25) is 4.79 Å². The van der Waals surface area contributed by atoms with Gasteiger partial charge in [-0.15, -0.1) is 22.9 Å². The normalized spacial score (nSPS) is 23.9. The zero-order chi connectivity index (χ0) is 10.8. The molecule has 0 saturated heterocycles. The molecule has 5 heteroatoms. The molecule has 1 fully saturated rings. The third kappa shape index (κ3) is 2.92. The summed E-state index contributed by atoms with van der Waals surface area (Å²) in [6, 6.07) is 0.393. The van der Waals surface area contributed by atoms with E-state index < -0.39 is 0 Å². The predicted octanol–water partition coefficient (Wildman–Crippen LogP) is 1.95. The monoisotopic (exact) mass is 244 g/mol. The molecule has 3 nitrogen and oxygen atoms in total. The molecule has 1 saturated carbocycles. The second kappa shape index (κ2) is 4.49. The summed E-state index contributed by atoms with van der Waals surface area (Å²) in [6.45, 7) is 2.14. The number of carbonyl (C=O) groups excluding carboxylic acids is 1. The van der Waals surface area contributed by atoms with Crippen molar-refractivity contribution in [2.24, 2.45) is 5.92 Å². The van der Waals surface area contributed by atoms with Crippen LogP contribution in [-0.2, 0) is 17.1 Å². The Hall–Kier alpha value is -0.610. The zero-order valence-electron chi connectivity index (χ0n) is 8.50. The molecule has 1 aromatic rings. The van der Waals surface area contributed by atoms with Gasteiger partial charge in [0.1, 0.15) is 5.01 Å². The molecule has 0 spiro atoms. The number of rotatable bonds is 4. The number of amides is 1. The Labute approximate surface area is 97.9 Å². The minimum absolute atomic E-state index is 0.0693. The zero-order valence-corrected chi connectivity index (χ0v) is 10.1. The third-order valence-corrected chi connectivity index (χ3v) is 3.68. The first-order chi connectivity index (χ1) is 7.19. The van der Waals surface area contributed by atoms with Crippen LogP contribution < -0.4 is 5.32 Å². The lowest BCUT2D eigenvalue weighted by atomic mass is 10.4. The maximum atomic E-state index is 11.5. The number of hydrogen-bond donors (Lipinski definition) is 1. The highest BCUT2D eigenvalue weighted by molar-refractivity contribution is 7.09. The van der Waals surface area contributed by atoms with Crippen LogP contribution in [0.1, 0.15) is 24.0 Å².